The number of phenols is 1. The second kappa shape index (κ2) is 7.24. The molecule has 1 fully saturated rings. The Morgan fingerprint density at radius 3 is 2.86 bits per heavy atom. The van der Waals surface area contributed by atoms with Crippen LogP contribution in [0.4, 0.5) is 0 Å². The summed E-state index contributed by atoms with van der Waals surface area (Å²) >= 11 is 0. The van der Waals surface area contributed by atoms with E-state index >= 15 is 0 Å². The fourth-order valence-electron chi connectivity index (χ4n) is 4.05. The van der Waals surface area contributed by atoms with Gasteiger partial charge in [0.2, 0.25) is 0 Å². The van der Waals surface area contributed by atoms with E-state index in [1.54, 1.807) is 31.4 Å². The van der Waals surface area contributed by atoms with Gasteiger partial charge >= 0.3 is 0 Å². The number of aromatic amines is 1. The SMILES string of the molecule is CO[C@H]1CCC[C@@H]1NC(=O)c1cc(-c2ccc(O)cc2C)nc2n[nH]c(C)c12. The van der Waals surface area contributed by atoms with Gasteiger partial charge in [0, 0.05) is 18.4 Å². The molecule has 2 heterocycles. The maximum absolute atomic E-state index is 13.2. The minimum absolute atomic E-state index is 0.00628. The van der Waals surface area contributed by atoms with Gasteiger partial charge in [-0.25, -0.2) is 4.98 Å². The lowest BCUT2D eigenvalue weighted by Gasteiger charge is -2.20. The summed E-state index contributed by atoms with van der Waals surface area (Å²) in [7, 11) is 1.69. The molecule has 0 spiro atoms. The summed E-state index contributed by atoms with van der Waals surface area (Å²) in [6.45, 7) is 3.78. The maximum Gasteiger partial charge on any atom is 0.252 e. The fraction of sp³-hybridized carbons (Fsp3) is 0.381. The normalized spacial score (nSPS) is 19.2. The first-order chi connectivity index (χ1) is 13.5. The highest BCUT2D eigenvalue weighted by Gasteiger charge is 2.29. The van der Waals surface area contributed by atoms with Crippen LogP contribution in [0.5, 0.6) is 5.75 Å². The fourth-order valence-corrected chi connectivity index (χ4v) is 4.05. The first-order valence-electron chi connectivity index (χ1n) is 9.47. The Bertz CT molecular complexity index is 1040. The number of methoxy groups -OCH3 is 1. The lowest BCUT2D eigenvalue weighted by molar-refractivity contribution is 0.0723. The van der Waals surface area contributed by atoms with Crippen LogP contribution >= 0.6 is 0 Å². The van der Waals surface area contributed by atoms with Crippen molar-refractivity contribution >= 4 is 16.9 Å². The minimum Gasteiger partial charge on any atom is -0.508 e. The predicted octanol–water partition coefficient (Wildman–Crippen LogP) is 3.24. The van der Waals surface area contributed by atoms with Gasteiger partial charge in [0.05, 0.1) is 28.8 Å². The number of nitrogens with zero attached hydrogens (tertiary/aromatic N) is 2. The zero-order valence-corrected chi connectivity index (χ0v) is 16.2. The van der Waals surface area contributed by atoms with Crippen molar-refractivity contribution in [1.82, 2.24) is 20.5 Å². The van der Waals surface area contributed by atoms with Crippen LogP contribution in [0.25, 0.3) is 22.3 Å². The van der Waals surface area contributed by atoms with Crippen molar-refractivity contribution in [3.05, 3.63) is 41.1 Å². The molecule has 1 aliphatic carbocycles. The lowest BCUT2D eigenvalue weighted by atomic mass is 10.0. The van der Waals surface area contributed by atoms with Crippen molar-refractivity contribution in [1.29, 1.82) is 0 Å². The van der Waals surface area contributed by atoms with E-state index < -0.39 is 0 Å². The minimum atomic E-state index is -0.150. The van der Waals surface area contributed by atoms with Gasteiger partial charge in [-0.05, 0) is 62.9 Å². The number of phenolic OH excluding ortho intramolecular Hbond substituents is 1. The van der Waals surface area contributed by atoms with Crippen molar-refractivity contribution in [2.75, 3.05) is 7.11 Å². The largest absolute Gasteiger partial charge is 0.508 e. The smallest absolute Gasteiger partial charge is 0.252 e. The third kappa shape index (κ3) is 3.22. The van der Waals surface area contributed by atoms with E-state index in [9.17, 15) is 9.90 Å². The number of ether oxygens (including phenoxy) is 1. The molecule has 0 unspecified atom stereocenters. The van der Waals surface area contributed by atoms with Crippen LogP contribution in [0.3, 0.4) is 0 Å². The standard InChI is InChI=1S/C21H24N4O3/c1-11-9-13(26)7-8-14(11)17-10-15(19-12(2)24-25-20(19)22-17)21(27)23-16-5-4-6-18(16)28-3/h7-10,16,18,26H,4-6H2,1-3H3,(H,23,27)(H,22,24,25)/t16-,18-/m0/s1. The molecule has 1 aliphatic rings. The number of aryl methyl sites for hydroxylation is 2. The van der Waals surface area contributed by atoms with E-state index in [1.165, 1.54) is 0 Å². The zero-order valence-electron chi connectivity index (χ0n) is 16.2. The number of hydrogen-bond donors (Lipinski definition) is 3. The average Bonchev–Trinajstić information content (AvgIpc) is 3.27. The van der Waals surface area contributed by atoms with Crippen molar-refractivity contribution in [2.45, 2.75) is 45.3 Å². The number of pyridine rings is 1. The third-order valence-electron chi connectivity index (χ3n) is 5.51. The number of nitrogens with one attached hydrogen (secondary N) is 2. The molecule has 3 aromatic rings. The monoisotopic (exact) mass is 380 g/mol. The van der Waals surface area contributed by atoms with E-state index in [0.717, 1.165) is 41.5 Å². The molecule has 0 saturated heterocycles. The number of carbonyl (C=O) groups excluding carboxylic acids is 1. The van der Waals surface area contributed by atoms with Crippen LogP contribution in [0.2, 0.25) is 0 Å². The Kier molecular flexibility index (Phi) is 4.77. The Morgan fingerprint density at radius 2 is 2.11 bits per heavy atom. The number of H-pyrrole nitrogens is 1. The molecule has 28 heavy (non-hydrogen) atoms. The number of carbonyl (C=O) groups is 1. The van der Waals surface area contributed by atoms with E-state index in [1.807, 2.05) is 13.8 Å². The van der Waals surface area contributed by atoms with Crippen LogP contribution in [-0.2, 0) is 4.74 Å². The number of rotatable bonds is 4. The van der Waals surface area contributed by atoms with Crippen LogP contribution in [-0.4, -0.2) is 45.5 Å². The summed E-state index contributed by atoms with van der Waals surface area (Å²) in [6, 6.07) is 6.91. The first kappa shape index (κ1) is 18.4. The average molecular weight is 380 g/mol. The number of amides is 1. The van der Waals surface area contributed by atoms with Gasteiger partial charge < -0.3 is 15.2 Å². The number of aromatic hydroxyl groups is 1. The summed E-state index contributed by atoms with van der Waals surface area (Å²) in [5.41, 5.74) is 4.22. The number of benzene rings is 1. The molecule has 2 atom stereocenters. The van der Waals surface area contributed by atoms with E-state index in [0.29, 0.717) is 16.9 Å². The summed E-state index contributed by atoms with van der Waals surface area (Å²) in [4.78, 5) is 17.8. The van der Waals surface area contributed by atoms with Crippen molar-refractivity contribution in [3.63, 3.8) is 0 Å². The summed E-state index contributed by atoms with van der Waals surface area (Å²) in [5.74, 6) is 0.0475. The van der Waals surface area contributed by atoms with Crippen molar-refractivity contribution in [2.24, 2.45) is 0 Å². The Hall–Kier alpha value is -2.93. The Labute approximate surface area is 163 Å². The number of hydrogen-bond acceptors (Lipinski definition) is 5. The van der Waals surface area contributed by atoms with E-state index in [4.69, 9.17) is 4.74 Å². The molecule has 7 heteroatoms. The summed E-state index contributed by atoms with van der Waals surface area (Å²) in [6.07, 6.45) is 2.95. The highest BCUT2D eigenvalue weighted by Crippen LogP contribution is 2.30. The molecule has 0 aliphatic heterocycles. The molecule has 3 N–H and O–H groups in total. The summed E-state index contributed by atoms with van der Waals surface area (Å²) in [5, 5.41) is 20.8. The predicted molar refractivity (Wildman–Crippen MR) is 106 cm³/mol. The van der Waals surface area contributed by atoms with Crippen LogP contribution in [0.15, 0.2) is 24.3 Å². The zero-order chi connectivity index (χ0) is 19.8. The highest BCUT2D eigenvalue weighted by molar-refractivity contribution is 6.07. The second-order valence-corrected chi connectivity index (χ2v) is 7.39. The van der Waals surface area contributed by atoms with Gasteiger partial charge in [-0.3, -0.25) is 9.89 Å². The van der Waals surface area contributed by atoms with Gasteiger partial charge in [0.1, 0.15) is 5.75 Å². The molecule has 146 valence electrons. The van der Waals surface area contributed by atoms with Crippen LogP contribution in [0.1, 0.15) is 40.9 Å². The molecule has 1 amide bonds. The molecule has 4 rings (SSSR count). The van der Waals surface area contributed by atoms with Gasteiger partial charge in [-0.2, -0.15) is 5.10 Å². The van der Waals surface area contributed by atoms with Gasteiger partial charge in [0.15, 0.2) is 5.65 Å². The van der Waals surface area contributed by atoms with Crippen LogP contribution in [0, 0.1) is 13.8 Å². The van der Waals surface area contributed by atoms with E-state index in [-0.39, 0.29) is 23.8 Å². The van der Waals surface area contributed by atoms with Gasteiger partial charge in [-0.15, -0.1) is 0 Å². The van der Waals surface area contributed by atoms with Crippen LogP contribution < -0.4 is 5.32 Å². The molecule has 0 radical (unpaired) electrons. The Balaban J connectivity index is 1.78. The quantitative estimate of drug-likeness (QED) is 0.645. The second-order valence-electron chi connectivity index (χ2n) is 7.39. The highest BCUT2D eigenvalue weighted by atomic mass is 16.5. The first-order valence-corrected chi connectivity index (χ1v) is 9.47. The number of fused-ring (bicyclic) bond motifs is 1. The molecule has 2 aromatic heterocycles. The molecule has 1 saturated carbocycles. The Morgan fingerprint density at radius 1 is 1.29 bits per heavy atom. The molecular weight excluding hydrogens is 356 g/mol. The third-order valence-corrected chi connectivity index (χ3v) is 5.51. The summed E-state index contributed by atoms with van der Waals surface area (Å²) < 4.78 is 5.51. The maximum atomic E-state index is 13.2. The van der Waals surface area contributed by atoms with Crippen molar-refractivity contribution in [3.8, 4) is 17.0 Å². The number of aromatic nitrogens is 3. The topological polar surface area (TPSA) is 100 Å². The molecular formula is C21H24N4O3. The van der Waals surface area contributed by atoms with Crippen molar-refractivity contribution < 1.29 is 14.6 Å². The lowest BCUT2D eigenvalue weighted by Crippen LogP contribution is -2.40. The molecule has 0 bridgehead atoms. The van der Waals surface area contributed by atoms with Gasteiger partial charge in [-0.1, -0.05) is 0 Å². The molecule has 1 aromatic carbocycles. The van der Waals surface area contributed by atoms with E-state index in [2.05, 4.69) is 20.5 Å². The molecule has 7 nitrogen and oxygen atoms in total. The van der Waals surface area contributed by atoms with Gasteiger partial charge in [0.25, 0.3) is 5.91 Å².